The lowest BCUT2D eigenvalue weighted by Gasteiger charge is -2.25. The van der Waals surface area contributed by atoms with Gasteiger partial charge in [0.25, 0.3) is 11.6 Å². The van der Waals surface area contributed by atoms with Crippen molar-refractivity contribution < 1.29 is 14.5 Å². The molecule has 2 amide bonds. The smallest absolute Gasteiger partial charge is 0.269 e. The van der Waals surface area contributed by atoms with Crippen molar-refractivity contribution in [3.8, 4) is 0 Å². The average Bonchev–Trinajstić information content (AvgIpc) is 3.23. The topological polar surface area (TPSA) is 117 Å². The number of thioether (sulfide) groups is 1. The van der Waals surface area contributed by atoms with Gasteiger partial charge in [-0.25, -0.2) is 9.89 Å². The van der Waals surface area contributed by atoms with Gasteiger partial charge in [-0.1, -0.05) is 55.3 Å². The molecule has 1 saturated carbocycles. The number of rotatable bonds is 7. The quantitative estimate of drug-likeness (QED) is 0.432. The number of nitrogens with one attached hydrogen (secondary N) is 1. The van der Waals surface area contributed by atoms with E-state index in [-0.39, 0.29) is 30.0 Å². The predicted octanol–water partition coefficient (Wildman–Crippen LogP) is 4.72. The maximum Gasteiger partial charge on any atom is 0.269 e. The molecule has 5 rings (SSSR count). The van der Waals surface area contributed by atoms with E-state index in [1.54, 1.807) is 6.07 Å². The van der Waals surface area contributed by atoms with Gasteiger partial charge in [-0.3, -0.25) is 24.7 Å². The van der Waals surface area contributed by atoms with Crippen molar-refractivity contribution in [2.75, 3.05) is 0 Å². The maximum atomic E-state index is 13.4. The summed E-state index contributed by atoms with van der Waals surface area (Å²) in [5.74, 6) is 0.725. The molecule has 3 aliphatic rings. The molecule has 10 heteroatoms. The van der Waals surface area contributed by atoms with Crippen molar-refractivity contribution in [1.29, 1.82) is 0 Å². The average molecular weight is 506 g/mol. The second kappa shape index (κ2) is 10.6. The number of nitrogens with zero attached hydrogens (tertiary/aromatic N) is 4. The lowest BCUT2D eigenvalue weighted by atomic mass is 9.95. The van der Waals surface area contributed by atoms with E-state index in [0.29, 0.717) is 23.2 Å². The number of hydrogen-bond acceptors (Lipinski definition) is 7. The molecule has 36 heavy (non-hydrogen) atoms. The van der Waals surface area contributed by atoms with E-state index in [2.05, 4.69) is 5.32 Å². The molecule has 1 atom stereocenters. The third-order valence-electron chi connectivity index (χ3n) is 6.65. The summed E-state index contributed by atoms with van der Waals surface area (Å²) in [6.07, 6.45) is 6.12. The molecule has 0 bridgehead atoms. The van der Waals surface area contributed by atoms with Crippen LogP contribution in [0.25, 0.3) is 0 Å². The molecule has 1 N–H and O–H groups in total. The third kappa shape index (κ3) is 5.18. The molecule has 9 nitrogen and oxygen atoms in total. The number of fused-ring (bicyclic) bond motifs is 3. The highest BCUT2D eigenvalue weighted by atomic mass is 32.2. The Kier molecular flexibility index (Phi) is 7.13. The fraction of sp³-hybridized carbons (Fsp3) is 0.385. The second-order valence-electron chi connectivity index (χ2n) is 9.21. The fourth-order valence-corrected chi connectivity index (χ4v) is 5.75. The first-order valence-electron chi connectivity index (χ1n) is 12.2. The van der Waals surface area contributed by atoms with Crippen LogP contribution in [0.1, 0.15) is 56.1 Å². The highest BCUT2D eigenvalue weighted by Crippen LogP contribution is 2.35. The number of amides is 2. The number of para-hydroxylation sites is 1. The van der Waals surface area contributed by atoms with Crippen LogP contribution in [0, 0.1) is 10.1 Å². The standard InChI is InChI=1S/C26H27N5O4S/c32-23(27-18-8-2-1-3-9-18)14-13-22-25(33)30-24(28-22)20-11-4-5-12-21(20)29-26(30)36-16-17-7-6-10-19(15-17)31(34)35/h4-7,10-12,15,18,22H,1-3,8-9,13-14,16H2,(H,27,32)/t22-/m1/s1. The van der Waals surface area contributed by atoms with Crippen LogP contribution in [0.5, 0.6) is 0 Å². The van der Waals surface area contributed by atoms with Crippen LogP contribution in [0.2, 0.25) is 0 Å². The van der Waals surface area contributed by atoms with Crippen LogP contribution in [0.3, 0.4) is 0 Å². The fourth-order valence-electron chi connectivity index (χ4n) is 4.81. The molecule has 0 aromatic heterocycles. The molecule has 1 fully saturated rings. The molecule has 2 aromatic carbocycles. The third-order valence-corrected chi connectivity index (χ3v) is 7.66. The molecule has 2 heterocycles. The molecular formula is C26H27N5O4S. The molecule has 2 aliphatic heterocycles. The van der Waals surface area contributed by atoms with Crippen molar-refractivity contribution in [2.24, 2.45) is 9.98 Å². The van der Waals surface area contributed by atoms with E-state index < -0.39 is 11.0 Å². The van der Waals surface area contributed by atoms with Crippen molar-refractivity contribution in [2.45, 2.75) is 62.8 Å². The summed E-state index contributed by atoms with van der Waals surface area (Å²) >= 11 is 1.34. The van der Waals surface area contributed by atoms with Gasteiger partial charge in [-0.15, -0.1) is 0 Å². The summed E-state index contributed by atoms with van der Waals surface area (Å²) in [4.78, 5) is 47.6. The minimum atomic E-state index is -0.646. The highest BCUT2D eigenvalue weighted by molar-refractivity contribution is 8.13. The van der Waals surface area contributed by atoms with Crippen LogP contribution in [0.4, 0.5) is 11.4 Å². The predicted molar refractivity (Wildman–Crippen MR) is 139 cm³/mol. The Morgan fingerprint density at radius 3 is 2.75 bits per heavy atom. The Morgan fingerprint density at radius 2 is 1.94 bits per heavy atom. The number of aliphatic imine (C=N–C) groups is 2. The van der Waals surface area contributed by atoms with Crippen LogP contribution in [-0.2, 0) is 15.3 Å². The molecule has 0 saturated heterocycles. The zero-order valence-corrected chi connectivity index (χ0v) is 20.6. The Hall–Kier alpha value is -3.53. The molecular weight excluding hydrogens is 478 g/mol. The number of carbonyl (C=O) groups excluding carboxylic acids is 2. The van der Waals surface area contributed by atoms with Crippen LogP contribution >= 0.6 is 11.8 Å². The molecule has 0 unspecified atom stereocenters. The van der Waals surface area contributed by atoms with Gasteiger partial charge in [0.2, 0.25) is 5.91 Å². The van der Waals surface area contributed by atoms with E-state index >= 15 is 0 Å². The largest absolute Gasteiger partial charge is 0.353 e. The summed E-state index contributed by atoms with van der Waals surface area (Å²) in [7, 11) is 0. The SMILES string of the molecule is O=C(CC[C@H]1N=C2c3ccccc3N=C(SCc3cccc([N+](=O)[O-])c3)N2C1=O)NC1CCCCC1. The van der Waals surface area contributed by atoms with Crippen molar-refractivity contribution in [3.05, 3.63) is 69.8 Å². The Morgan fingerprint density at radius 1 is 1.14 bits per heavy atom. The summed E-state index contributed by atoms with van der Waals surface area (Å²) in [6.45, 7) is 0. The second-order valence-corrected chi connectivity index (χ2v) is 10.2. The number of benzene rings is 2. The summed E-state index contributed by atoms with van der Waals surface area (Å²) in [5.41, 5.74) is 2.28. The first kappa shape index (κ1) is 24.2. The Bertz CT molecular complexity index is 1250. The van der Waals surface area contributed by atoms with Gasteiger partial charge in [0.1, 0.15) is 11.9 Å². The maximum absolute atomic E-state index is 13.4. The number of nitro groups is 1. The number of carbonyl (C=O) groups is 2. The Labute approximate surface area is 213 Å². The van der Waals surface area contributed by atoms with E-state index in [9.17, 15) is 19.7 Å². The summed E-state index contributed by atoms with van der Waals surface area (Å²) in [5, 5.41) is 14.7. The molecule has 0 spiro atoms. The molecule has 2 aromatic rings. The number of nitro benzene ring substituents is 1. The van der Waals surface area contributed by atoms with Gasteiger partial charge in [-0.05, 0) is 37.0 Å². The normalized spacial score (nSPS) is 19.3. The number of non-ortho nitro benzene ring substituents is 1. The van der Waals surface area contributed by atoms with Gasteiger partial charge < -0.3 is 5.32 Å². The van der Waals surface area contributed by atoms with Crippen LogP contribution < -0.4 is 5.32 Å². The van der Waals surface area contributed by atoms with E-state index in [1.807, 2.05) is 30.3 Å². The molecule has 0 radical (unpaired) electrons. The Balaban J connectivity index is 1.30. The van der Waals surface area contributed by atoms with Crippen molar-refractivity contribution >= 4 is 46.0 Å². The van der Waals surface area contributed by atoms with Gasteiger partial charge in [0.15, 0.2) is 5.17 Å². The molecule has 1 aliphatic carbocycles. The van der Waals surface area contributed by atoms with Gasteiger partial charge in [0, 0.05) is 35.9 Å². The van der Waals surface area contributed by atoms with Crippen molar-refractivity contribution in [1.82, 2.24) is 10.2 Å². The van der Waals surface area contributed by atoms with Gasteiger partial charge >= 0.3 is 0 Å². The lowest BCUT2D eigenvalue weighted by Crippen LogP contribution is -2.41. The number of amidine groups is 2. The summed E-state index contributed by atoms with van der Waals surface area (Å²) < 4.78 is 0. The zero-order valence-electron chi connectivity index (χ0n) is 19.8. The lowest BCUT2D eigenvalue weighted by molar-refractivity contribution is -0.384. The zero-order chi connectivity index (χ0) is 25.1. The first-order valence-corrected chi connectivity index (χ1v) is 13.2. The van der Waals surface area contributed by atoms with Crippen LogP contribution in [-0.4, -0.2) is 44.7 Å². The monoisotopic (exact) mass is 505 g/mol. The van der Waals surface area contributed by atoms with E-state index in [4.69, 9.17) is 9.98 Å². The van der Waals surface area contributed by atoms with Crippen molar-refractivity contribution in [3.63, 3.8) is 0 Å². The minimum absolute atomic E-state index is 0.0232. The summed E-state index contributed by atoms with van der Waals surface area (Å²) in [6, 6.07) is 13.5. The highest BCUT2D eigenvalue weighted by Gasteiger charge is 2.41. The molecule has 186 valence electrons. The van der Waals surface area contributed by atoms with E-state index in [1.165, 1.54) is 35.2 Å². The van der Waals surface area contributed by atoms with Crippen LogP contribution in [0.15, 0.2) is 58.5 Å². The van der Waals surface area contributed by atoms with Gasteiger partial charge in [-0.2, -0.15) is 0 Å². The van der Waals surface area contributed by atoms with E-state index in [0.717, 1.165) is 42.5 Å². The minimum Gasteiger partial charge on any atom is -0.353 e. The number of hydrogen-bond donors (Lipinski definition) is 1. The van der Waals surface area contributed by atoms with Gasteiger partial charge in [0.05, 0.1) is 10.6 Å². The first-order chi connectivity index (χ1) is 17.5.